The summed E-state index contributed by atoms with van der Waals surface area (Å²) in [5.41, 5.74) is 0. The number of ether oxygens (including phenoxy) is 1. The highest BCUT2D eigenvalue weighted by Gasteiger charge is 2.33. The standard InChI is InChI=1S/C14H24N4O2S/c1-9(2)11-6-5-10(3)7-12(11)20-13(19)8-21-14-15-16-17-18(14)4/h9-12H,5-8H2,1-4H3/t10-,11-,12+/m0/s1. The molecule has 0 spiro atoms. The van der Waals surface area contributed by atoms with Crippen LogP contribution in [0.1, 0.15) is 40.0 Å². The van der Waals surface area contributed by atoms with Crippen LogP contribution in [0.25, 0.3) is 0 Å². The van der Waals surface area contributed by atoms with Crippen LogP contribution in [0.4, 0.5) is 0 Å². The Hall–Kier alpha value is -1.11. The lowest BCUT2D eigenvalue weighted by molar-refractivity contribution is -0.152. The molecule has 0 amide bonds. The van der Waals surface area contributed by atoms with Crippen molar-refractivity contribution in [3.8, 4) is 0 Å². The first-order chi connectivity index (χ1) is 9.97. The second kappa shape index (κ2) is 7.24. The molecule has 0 saturated heterocycles. The third kappa shape index (κ3) is 4.43. The first-order valence-electron chi connectivity index (χ1n) is 7.52. The molecule has 0 bridgehead atoms. The van der Waals surface area contributed by atoms with Crippen molar-refractivity contribution in [2.75, 3.05) is 5.75 Å². The molecular weight excluding hydrogens is 288 g/mol. The van der Waals surface area contributed by atoms with Gasteiger partial charge in [0.1, 0.15) is 6.10 Å². The lowest BCUT2D eigenvalue weighted by Crippen LogP contribution is -2.36. The number of thioether (sulfide) groups is 1. The molecule has 1 saturated carbocycles. The predicted octanol–water partition coefficient (Wildman–Crippen LogP) is 2.31. The molecule has 1 aromatic heterocycles. The van der Waals surface area contributed by atoms with Gasteiger partial charge in [-0.1, -0.05) is 39.0 Å². The van der Waals surface area contributed by atoms with Crippen molar-refractivity contribution in [1.29, 1.82) is 0 Å². The van der Waals surface area contributed by atoms with E-state index in [2.05, 4.69) is 36.3 Å². The highest BCUT2D eigenvalue weighted by atomic mass is 32.2. The van der Waals surface area contributed by atoms with Gasteiger partial charge in [0.05, 0.1) is 5.75 Å². The Morgan fingerprint density at radius 3 is 2.86 bits per heavy atom. The molecule has 0 unspecified atom stereocenters. The van der Waals surface area contributed by atoms with E-state index < -0.39 is 0 Å². The number of esters is 1. The molecule has 0 N–H and O–H groups in total. The number of hydrogen-bond acceptors (Lipinski definition) is 6. The molecule has 1 heterocycles. The highest BCUT2D eigenvalue weighted by Crippen LogP contribution is 2.35. The number of carbonyl (C=O) groups excluding carboxylic acids is 1. The van der Waals surface area contributed by atoms with Crippen LogP contribution in [0, 0.1) is 17.8 Å². The molecule has 0 radical (unpaired) electrons. The van der Waals surface area contributed by atoms with Crippen molar-refractivity contribution in [3.63, 3.8) is 0 Å². The van der Waals surface area contributed by atoms with E-state index in [0.717, 1.165) is 12.8 Å². The summed E-state index contributed by atoms with van der Waals surface area (Å²) in [6, 6.07) is 0. The quantitative estimate of drug-likeness (QED) is 0.614. The predicted molar refractivity (Wildman–Crippen MR) is 80.7 cm³/mol. The lowest BCUT2D eigenvalue weighted by atomic mass is 9.75. The SMILES string of the molecule is CC(C)[C@@H]1CC[C@H](C)C[C@H]1OC(=O)CSc1nnnn1C. The topological polar surface area (TPSA) is 69.9 Å². The molecule has 118 valence electrons. The highest BCUT2D eigenvalue weighted by molar-refractivity contribution is 7.99. The number of tetrazole rings is 1. The molecule has 21 heavy (non-hydrogen) atoms. The molecular formula is C14H24N4O2S. The van der Waals surface area contributed by atoms with E-state index >= 15 is 0 Å². The zero-order chi connectivity index (χ0) is 15.4. The van der Waals surface area contributed by atoms with Crippen molar-refractivity contribution >= 4 is 17.7 Å². The Labute approximate surface area is 130 Å². The van der Waals surface area contributed by atoms with E-state index in [0.29, 0.717) is 22.9 Å². The maximum absolute atomic E-state index is 12.1. The minimum absolute atomic E-state index is 0.0551. The molecule has 3 atom stereocenters. The van der Waals surface area contributed by atoms with Crippen LogP contribution >= 0.6 is 11.8 Å². The smallest absolute Gasteiger partial charge is 0.316 e. The summed E-state index contributed by atoms with van der Waals surface area (Å²) in [7, 11) is 1.76. The van der Waals surface area contributed by atoms with Gasteiger partial charge in [-0.05, 0) is 41.0 Å². The van der Waals surface area contributed by atoms with Crippen LogP contribution in [-0.4, -0.2) is 38.0 Å². The van der Waals surface area contributed by atoms with Crippen molar-refractivity contribution in [1.82, 2.24) is 20.2 Å². The first-order valence-corrected chi connectivity index (χ1v) is 8.50. The number of nitrogens with zero attached hydrogens (tertiary/aromatic N) is 4. The van der Waals surface area contributed by atoms with Crippen molar-refractivity contribution in [2.45, 2.75) is 51.3 Å². The molecule has 6 nitrogen and oxygen atoms in total. The summed E-state index contributed by atoms with van der Waals surface area (Å²) in [5.74, 6) is 1.74. The fourth-order valence-electron chi connectivity index (χ4n) is 2.92. The lowest BCUT2D eigenvalue weighted by Gasteiger charge is -2.36. The number of aryl methyl sites for hydroxylation is 1. The maximum Gasteiger partial charge on any atom is 0.316 e. The van der Waals surface area contributed by atoms with Gasteiger partial charge in [-0.15, -0.1) is 5.10 Å². The molecule has 2 rings (SSSR count). The summed E-state index contributed by atoms with van der Waals surface area (Å²) in [5, 5.41) is 11.8. The van der Waals surface area contributed by atoms with E-state index in [1.165, 1.54) is 18.2 Å². The van der Waals surface area contributed by atoms with Gasteiger partial charge in [-0.25, -0.2) is 4.68 Å². The number of hydrogen-bond donors (Lipinski definition) is 0. The van der Waals surface area contributed by atoms with Gasteiger partial charge in [0.2, 0.25) is 5.16 Å². The summed E-state index contributed by atoms with van der Waals surface area (Å²) in [6.07, 6.45) is 3.41. The minimum atomic E-state index is -0.173. The Morgan fingerprint density at radius 1 is 1.48 bits per heavy atom. The third-order valence-corrected chi connectivity index (χ3v) is 5.13. The second-order valence-corrected chi connectivity index (χ2v) is 7.17. The van der Waals surface area contributed by atoms with Crippen molar-refractivity contribution < 1.29 is 9.53 Å². The maximum atomic E-state index is 12.1. The van der Waals surface area contributed by atoms with Gasteiger partial charge >= 0.3 is 5.97 Å². The van der Waals surface area contributed by atoms with Gasteiger partial charge in [0.25, 0.3) is 0 Å². The molecule has 1 aromatic rings. The number of aromatic nitrogens is 4. The largest absolute Gasteiger partial charge is 0.461 e. The van der Waals surface area contributed by atoms with Gasteiger partial charge < -0.3 is 4.74 Å². The summed E-state index contributed by atoms with van der Waals surface area (Å²) in [6.45, 7) is 6.65. The summed E-state index contributed by atoms with van der Waals surface area (Å²) >= 11 is 1.31. The molecule has 7 heteroatoms. The monoisotopic (exact) mass is 312 g/mol. The third-order valence-electron chi connectivity index (χ3n) is 4.14. The summed E-state index contributed by atoms with van der Waals surface area (Å²) < 4.78 is 7.29. The van der Waals surface area contributed by atoms with Gasteiger partial charge in [-0.3, -0.25) is 4.79 Å². The van der Waals surface area contributed by atoms with Crippen LogP contribution in [0.2, 0.25) is 0 Å². The molecule has 0 aliphatic heterocycles. The van der Waals surface area contributed by atoms with E-state index in [1.807, 2.05) is 0 Å². The van der Waals surface area contributed by atoms with E-state index in [9.17, 15) is 4.79 Å². The van der Waals surface area contributed by atoms with E-state index in [-0.39, 0.29) is 17.8 Å². The number of carbonyl (C=O) groups is 1. The Kier molecular flexibility index (Phi) is 5.61. The van der Waals surface area contributed by atoms with Crippen molar-refractivity contribution in [3.05, 3.63) is 0 Å². The van der Waals surface area contributed by atoms with Crippen molar-refractivity contribution in [2.24, 2.45) is 24.8 Å². The molecule has 0 aromatic carbocycles. The van der Waals surface area contributed by atoms with Crippen LogP contribution in [-0.2, 0) is 16.6 Å². The van der Waals surface area contributed by atoms with Crippen LogP contribution in [0.15, 0.2) is 5.16 Å². The van der Waals surface area contributed by atoms with Gasteiger partial charge in [0.15, 0.2) is 0 Å². The van der Waals surface area contributed by atoms with Gasteiger partial charge in [-0.2, -0.15) is 0 Å². The fraction of sp³-hybridized carbons (Fsp3) is 0.857. The number of rotatable bonds is 5. The average Bonchev–Trinajstić information content (AvgIpc) is 2.81. The molecule has 1 aliphatic rings. The minimum Gasteiger partial charge on any atom is -0.461 e. The van der Waals surface area contributed by atoms with Crippen LogP contribution in [0.3, 0.4) is 0 Å². The Bertz CT molecular complexity index is 477. The zero-order valence-electron chi connectivity index (χ0n) is 13.2. The summed E-state index contributed by atoms with van der Waals surface area (Å²) in [4.78, 5) is 12.1. The zero-order valence-corrected chi connectivity index (χ0v) is 14.0. The average molecular weight is 312 g/mol. The Morgan fingerprint density at radius 2 is 2.24 bits per heavy atom. The fourth-order valence-corrected chi connectivity index (χ4v) is 3.55. The van der Waals surface area contributed by atoms with Crippen LogP contribution in [0.5, 0.6) is 0 Å². The van der Waals surface area contributed by atoms with E-state index in [4.69, 9.17) is 4.74 Å². The van der Waals surface area contributed by atoms with Gasteiger partial charge in [0, 0.05) is 7.05 Å². The second-order valence-electron chi connectivity index (χ2n) is 6.23. The van der Waals surface area contributed by atoms with E-state index in [1.54, 1.807) is 11.7 Å². The normalized spacial score (nSPS) is 26.0. The first kappa shape index (κ1) is 16.3. The molecule has 1 aliphatic carbocycles. The Balaban J connectivity index is 1.86. The van der Waals surface area contributed by atoms with Crippen LogP contribution < -0.4 is 0 Å². The molecule has 1 fully saturated rings.